The van der Waals surface area contributed by atoms with Crippen LogP contribution in [0.1, 0.15) is 16.2 Å². The molecule has 1 heterocycles. The Hall–Kier alpha value is -1.47. The van der Waals surface area contributed by atoms with Gasteiger partial charge < -0.3 is 4.52 Å². The molecule has 2 rings (SSSR count). The third kappa shape index (κ3) is 3.34. The second kappa shape index (κ2) is 5.88. The molecule has 0 spiro atoms. The summed E-state index contributed by atoms with van der Waals surface area (Å²) >= 11 is 6.21. The number of nitrogens with zero attached hydrogens (tertiary/aromatic N) is 2. The Morgan fingerprint density at radius 3 is 2.55 bits per heavy atom. The zero-order valence-corrected chi connectivity index (χ0v) is 11.8. The van der Waals surface area contributed by atoms with Crippen LogP contribution in [0, 0.1) is 0 Å². The van der Waals surface area contributed by atoms with Crippen LogP contribution in [0.4, 0.5) is 8.78 Å². The van der Waals surface area contributed by atoms with E-state index in [1.54, 1.807) is 24.3 Å². The Morgan fingerprint density at radius 1 is 1.40 bits per heavy atom. The van der Waals surface area contributed by atoms with Crippen molar-refractivity contribution in [3.63, 3.8) is 0 Å². The second-order valence-corrected chi connectivity index (χ2v) is 5.20. The van der Waals surface area contributed by atoms with Gasteiger partial charge in [0.2, 0.25) is 5.82 Å². The van der Waals surface area contributed by atoms with Crippen LogP contribution in [0.25, 0.3) is 11.4 Å². The Bertz CT molecular complexity index is 611. The first kappa shape index (κ1) is 14.9. The molecule has 2 aromatic rings. The first-order chi connectivity index (χ1) is 9.41. The van der Waals surface area contributed by atoms with Gasteiger partial charge in [0.25, 0.3) is 0 Å². The van der Waals surface area contributed by atoms with Gasteiger partial charge in [0, 0.05) is 11.1 Å². The van der Waals surface area contributed by atoms with Gasteiger partial charge in [-0.3, -0.25) is 4.79 Å². The van der Waals surface area contributed by atoms with Crippen LogP contribution in [0.5, 0.6) is 0 Å². The predicted octanol–water partition coefficient (Wildman–Crippen LogP) is 3.57. The molecule has 0 radical (unpaired) electrons. The minimum atomic E-state index is -3.69. The molecule has 1 aromatic carbocycles. The number of aromatic nitrogens is 2. The average molecular weight is 319 g/mol. The third-order valence-corrected chi connectivity index (χ3v) is 3.12. The van der Waals surface area contributed by atoms with E-state index < -0.39 is 11.3 Å². The van der Waals surface area contributed by atoms with E-state index >= 15 is 0 Å². The van der Waals surface area contributed by atoms with Crippen molar-refractivity contribution in [1.29, 1.82) is 0 Å². The first-order valence-electron chi connectivity index (χ1n) is 5.45. The van der Waals surface area contributed by atoms with Gasteiger partial charge in [0.15, 0.2) is 5.78 Å². The number of halogens is 3. The number of benzene rings is 1. The predicted molar refractivity (Wildman–Crippen MR) is 72.2 cm³/mol. The van der Waals surface area contributed by atoms with E-state index in [0.29, 0.717) is 16.9 Å². The number of ketones is 1. The smallest absolute Gasteiger partial charge is 0.331 e. The van der Waals surface area contributed by atoms with Crippen molar-refractivity contribution in [3.05, 3.63) is 35.7 Å². The molecule has 0 fully saturated rings. The molecule has 0 saturated carbocycles. The Balaban J connectivity index is 2.22. The van der Waals surface area contributed by atoms with Gasteiger partial charge in [-0.05, 0) is 17.9 Å². The lowest BCUT2D eigenvalue weighted by atomic mass is 10.1. The molecule has 0 aliphatic carbocycles. The maximum absolute atomic E-state index is 12.8. The van der Waals surface area contributed by atoms with Gasteiger partial charge in [-0.2, -0.15) is 25.5 Å². The number of hydrogen-bond donors (Lipinski definition) is 0. The quantitative estimate of drug-likeness (QED) is 0.623. The summed E-state index contributed by atoms with van der Waals surface area (Å²) in [6.07, 6.45) is 1.83. The summed E-state index contributed by atoms with van der Waals surface area (Å²) in [6, 6.07) is 6.30. The number of carbonyl (C=O) groups excluding carboxylic acids is 1. The summed E-state index contributed by atoms with van der Waals surface area (Å²) in [4.78, 5) is 15.2. The maximum atomic E-state index is 12.8. The summed E-state index contributed by atoms with van der Waals surface area (Å²) < 4.78 is 29.9. The summed E-state index contributed by atoms with van der Waals surface area (Å²) in [7, 11) is 0. The Labute approximate surface area is 122 Å². The monoisotopic (exact) mass is 318 g/mol. The zero-order valence-electron chi connectivity index (χ0n) is 10.3. The van der Waals surface area contributed by atoms with E-state index in [4.69, 9.17) is 11.6 Å². The fourth-order valence-electron chi connectivity index (χ4n) is 1.48. The number of alkyl halides is 3. The molecule has 4 nitrogen and oxygen atoms in total. The number of carbonyl (C=O) groups is 1. The van der Waals surface area contributed by atoms with Crippen molar-refractivity contribution in [1.82, 2.24) is 10.1 Å². The second-order valence-electron chi connectivity index (χ2n) is 3.85. The van der Waals surface area contributed by atoms with Crippen LogP contribution in [0.15, 0.2) is 28.8 Å². The highest BCUT2D eigenvalue weighted by Gasteiger charge is 2.35. The van der Waals surface area contributed by atoms with E-state index in [9.17, 15) is 13.6 Å². The van der Waals surface area contributed by atoms with Crippen LogP contribution in [0.3, 0.4) is 0 Å². The van der Waals surface area contributed by atoms with Gasteiger partial charge in [0.05, 0.1) is 5.75 Å². The molecule has 106 valence electrons. The van der Waals surface area contributed by atoms with Gasteiger partial charge in [0.1, 0.15) is 0 Å². The van der Waals surface area contributed by atoms with Crippen molar-refractivity contribution >= 4 is 29.1 Å². The van der Waals surface area contributed by atoms with Crippen molar-refractivity contribution < 1.29 is 18.1 Å². The van der Waals surface area contributed by atoms with E-state index in [2.05, 4.69) is 14.7 Å². The van der Waals surface area contributed by atoms with E-state index in [0.717, 1.165) is 0 Å². The number of rotatable bonds is 5. The van der Waals surface area contributed by atoms with Crippen molar-refractivity contribution in [2.75, 3.05) is 12.0 Å². The summed E-state index contributed by atoms with van der Waals surface area (Å²) in [5, 5.41) is -0.271. The maximum Gasteiger partial charge on any atom is 0.400 e. The topological polar surface area (TPSA) is 56.0 Å². The van der Waals surface area contributed by atoms with Gasteiger partial charge in [-0.15, -0.1) is 0 Å². The largest absolute Gasteiger partial charge is 0.400 e. The van der Waals surface area contributed by atoms with Crippen molar-refractivity contribution in [3.8, 4) is 11.4 Å². The highest BCUT2D eigenvalue weighted by molar-refractivity contribution is 7.99. The third-order valence-electron chi connectivity index (χ3n) is 2.41. The minimum absolute atomic E-state index is 0.00913. The fourth-order valence-corrected chi connectivity index (χ4v) is 1.98. The summed E-state index contributed by atoms with van der Waals surface area (Å²) in [6.45, 7) is 0. The zero-order chi connectivity index (χ0) is 14.8. The molecule has 0 atom stereocenters. The lowest BCUT2D eigenvalue weighted by Crippen LogP contribution is -2.03. The summed E-state index contributed by atoms with van der Waals surface area (Å²) in [5.41, 5.74) is 0.996. The highest BCUT2D eigenvalue weighted by Crippen LogP contribution is 2.32. The van der Waals surface area contributed by atoms with E-state index in [-0.39, 0.29) is 11.6 Å². The van der Waals surface area contributed by atoms with Gasteiger partial charge in [-0.1, -0.05) is 29.4 Å². The standard InChI is InChI=1S/C12H9ClF2N2O2S/c1-20-6-9(18)7-2-4-8(5-3-7)10-16-11(19-17-10)12(13,14)15/h2-5H,6H2,1H3. The molecule has 1 aromatic heterocycles. The average Bonchev–Trinajstić information content (AvgIpc) is 2.89. The molecule has 0 bridgehead atoms. The normalized spacial score (nSPS) is 11.6. The van der Waals surface area contributed by atoms with Crippen LogP contribution < -0.4 is 0 Å². The molecule has 8 heteroatoms. The number of thioether (sulfide) groups is 1. The van der Waals surface area contributed by atoms with Gasteiger partial charge in [-0.25, -0.2) is 0 Å². The molecular weight excluding hydrogens is 310 g/mol. The molecule has 0 amide bonds. The number of hydrogen-bond acceptors (Lipinski definition) is 5. The van der Waals surface area contributed by atoms with Crippen molar-refractivity contribution in [2.45, 2.75) is 5.38 Å². The molecule has 0 saturated heterocycles. The Kier molecular flexibility index (Phi) is 4.39. The van der Waals surface area contributed by atoms with Crippen LogP contribution in [-0.2, 0) is 5.38 Å². The van der Waals surface area contributed by atoms with Crippen LogP contribution >= 0.6 is 23.4 Å². The minimum Gasteiger partial charge on any atom is -0.331 e. The molecule has 0 aliphatic rings. The van der Waals surface area contributed by atoms with Crippen molar-refractivity contribution in [2.24, 2.45) is 0 Å². The Morgan fingerprint density at radius 2 is 2.05 bits per heavy atom. The molecule has 0 aliphatic heterocycles. The molecule has 20 heavy (non-hydrogen) atoms. The van der Waals surface area contributed by atoms with Gasteiger partial charge >= 0.3 is 11.3 Å². The summed E-state index contributed by atoms with van der Waals surface area (Å²) in [5.74, 6) is -0.601. The number of Topliss-reactive ketones (excluding diaryl/α,β-unsaturated/α-hetero) is 1. The lowest BCUT2D eigenvalue weighted by Gasteiger charge is -2.00. The highest BCUT2D eigenvalue weighted by atomic mass is 35.5. The molecular formula is C12H9ClF2N2O2S. The fraction of sp³-hybridized carbons (Fsp3) is 0.250. The molecule has 0 unspecified atom stereocenters. The van der Waals surface area contributed by atoms with Crippen LogP contribution in [0.2, 0.25) is 0 Å². The lowest BCUT2D eigenvalue weighted by molar-refractivity contribution is 0.0551. The van der Waals surface area contributed by atoms with E-state index in [1.165, 1.54) is 11.8 Å². The SMILES string of the molecule is CSCC(=O)c1ccc(-c2noc(C(F)(F)Cl)n2)cc1. The van der Waals surface area contributed by atoms with E-state index in [1.807, 2.05) is 6.26 Å². The first-order valence-corrected chi connectivity index (χ1v) is 7.22. The molecule has 0 N–H and O–H groups in total. The van der Waals surface area contributed by atoms with Crippen LogP contribution in [-0.4, -0.2) is 27.9 Å².